The van der Waals surface area contributed by atoms with E-state index in [0.29, 0.717) is 13.0 Å². The molecule has 1 amide bonds. The summed E-state index contributed by atoms with van der Waals surface area (Å²) >= 11 is 2.95. The van der Waals surface area contributed by atoms with Gasteiger partial charge in [0.05, 0.1) is 23.4 Å². The van der Waals surface area contributed by atoms with Crippen LogP contribution in [0.4, 0.5) is 0 Å². The number of sulfone groups is 1. The minimum Gasteiger partial charge on any atom is -0.376 e. The fourth-order valence-corrected chi connectivity index (χ4v) is 6.55. The molecule has 2 aliphatic heterocycles. The van der Waals surface area contributed by atoms with E-state index in [-0.39, 0.29) is 35.3 Å². The van der Waals surface area contributed by atoms with Gasteiger partial charge in [-0.05, 0) is 26.2 Å². The average molecular weight is 391 g/mol. The molecule has 1 aromatic rings. The van der Waals surface area contributed by atoms with E-state index < -0.39 is 9.84 Å². The molecule has 6 nitrogen and oxygen atoms in total. The highest BCUT2D eigenvalue weighted by Gasteiger charge is 2.36. The smallest absolute Gasteiger partial charge is 0.233 e. The molecule has 9 heteroatoms. The molecule has 0 aromatic carbocycles. The number of carbonyl (C=O) groups excluding carboxylic acids is 1. The number of hydrogen-bond donors (Lipinski definition) is 0. The Kier molecular flexibility index (Phi) is 5.84. The first-order chi connectivity index (χ1) is 11.4. The van der Waals surface area contributed by atoms with Crippen molar-refractivity contribution in [1.82, 2.24) is 9.88 Å². The molecule has 2 aliphatic rings. The number of carbonyl (C=O) groups is 1. The van der Waals surface area contributed by atoms with Crippen LogP contribution < -0.4 is 0 Å². The van der Waals surface area contributed by atoms with Gasteiger partial charge in [0.25, 0.3) is 0 Å². The van der Waals surface area contributed by atoms with E-state index in [1.165, 1.54) is 23.1 Å². The number of aromatic nitrogens is 1. The summed E-state index contributed by atoms with van der Waals surface area (Å²) < 4.78 is 30.1. The third-order valence-corrected chi connectivity index (χ3v) is 8.18. The van der Waals surface area contributed by atoms with Crippen LogP contribution in [0.25, 0.3) is 0 Å². The highest BCUT2D eigenvalue weighted by atomic mass is 32.2. The van der Waals surface area contributed by atoms with Gasteiger partial charge in [0.2, 0.25) is 5.91 Å². The van der Waals surface area contributed by atoms with Gasteiger partial charge in [-0.1, -0.05) is 11.8 Å². The Morgan fingerprint density at radius 1 is 1.50 bits per heavy atom. The molecule has 0 bridgehead atoms. The maximum atomic E-state index is 12.7. The first-order valence-electron chi connectivity index (χ1n) is 8.09. The summed E-state index contributed by atoms with van der Waals surface area (Å²) in [5.74, 6) is 0.513. The number of nitrogens with zero attached hydrogens (tertiary/aromatic N) is 2. The number of thioether (sulfide) groups is 1. The molecule has 2 saturated heterocycles. The second-order valence-corrected chi connectivity index (χ2v) is 10.6. The third-order valence-electron chi connectivity index (χ3n) is 4.31. The van der Waals surface area contributed by atoms with E-state index in [2.05, 4.69) is 4.98 Å². The monoisotopic (exact) mass is 390 g/mol. The van der Waals surface area contributed by atoms with Gasteiger partial charge in [0.1, 0.15) is 0 Å². The molecule has 2 fully saturated rings. The van der Waals surface area contributed by atoms with Crippen LogP contribution >= 0.6 is 23.1 Å². The van der Waals surface area contributed by atoms with Gasteiger partial charge in [-0.2, -0.15) is 0 Å². The van der Waals surface area contributed by atoms with Crippen LogP contribution in [0.1, 0.15) is 25.0 Å². The van der Waals surface area contributed by atoms with Crippen LogP contribution in [-0.4, -0.2) is 66.8 Å². The summed E-state index contributed by atoms with van der Waals surface area (Å²) in [6, 6.07) is -0.217. The van der Waals surface area contributed by atoms with Gasteiger partial charge in [-0.25, -0.2) is 13.4 Å². The molecule has 3 rings (SSSR count). The Bertz CT molecular complexity index is 683. The number of hydrogen-bond acceptors (Lipinski definition) is 7. The van der Waals surface area contributed by atoms with Crippen molar-refractivity contribution in [2.75, 3.05) is 30.4 Å². The van der Waals surface area contributed by atoms with Crippen molar-refractivity contribution in [3.05, 3.63) is 11.1 Å². The number of amides is 1. The van der Waals surface area contributed by atoms with Gasteiger partial charge in [0.15, 0.2) is 14.2 Å². The topological polar surface area (TPSA) is 76.6 Å². The molecular weight excluding hydrogens is 368 g/mol. The van der Waals surface area contributed by atoms with E-state index in [1.54, 1.807) is 4.90 Å². The zero-order valence-electron chi connectivity index (χ0n) is 13.6. The molecule has 0 N–H and O–H groups in total. The highest BCUT2D eigenvalue weighted by Crippen LogP contribution is 2.25. The minimum atomic E-state index is -3.02. The summed E-state index contributed by atoms with van der Waals surface area (Å²) in [6.07, 6.45) is 2.50. The lowest BCUT2D eigenvalue weighted by Gasteiger charge is -2.30. The molecule has 0 aliphatic carbocycles. The van der Waals surface area contributed by atoms with Crippen molar-refractivity contribution in [3.8, 4) is 0 Å². The average Bonchev–Trinajstić information content (AvgIpc) is 3.24. The minimum absolute atomic E-state index is 0.0227. The predicted octanol–water partition coefficient (Wildman–Crippen LogP) is 1.74. The lowest BCUT2D eigenvalue weighted by atomic mass is 10.1. The van der Waals surface area contributed by atoms with Crippen LogP contribution in [0.5, 0.6) is 0 Å². The van der Waals surface area contributed by atoms with Crippen molar-refractivity contribution in [2.45, 2.75) is 42.7 Å². The third kappa shape index (κ3) is 4.71. The zero-order valence-corrected chi connectivity index (χ0v) is 16.1. The Labute approximate surface area is 150 Å². The maximum Gasteiger partial charge on any atom is 0.233 e. The molecule has 0 unspecified atom stereocenters. The van der Waals surface area contributed by atoms with Crippen molar-refractivity contribution in [2.24, 2.45) is 0 Å². The Balaban J connectivity index is 1.64. The number of thiazole rings is 1. The second-order valence-electron chi connectivity index (χ2n) is 6.28. The van der Waals surface area contributed by atoms with Gasteiger partial charge in [-0.3, -0.25) is 4.79 Å². The van der Waals surface area contributed by atoms with Crippen LogP contribution in [0.15, 0.2) is 9.72 Å². The molecule has 134 valence electrons. The fourth-order valence-electron chi connectivity index (χ4n) is 3.09. The summed E-state index contributed by atoms with van der Waals surface area (Å²) in [4.78, 5) is 18.8. The van der Waals surface area contributed by atoms with Crippen molar-refractivity contribution in [1.29, 1.82) is 0 Å². The highest BCUT2D eigenvalue weighted by molar-refractivity contribution is 8.01. The van der Waals surface area contributed by atoms with E-state index in [4.69, 9.17) is 4.74 Å². The van der Waals surface area contributed by atoms with Crippen LogP contribution in [0.2, 0.25) is 0 Å². The second kappa shape index (κ2) is 7.72. The van der Waals surface area contributed by atoms with Crippen molar-refractivity contribution < 1.29 is 17.9 Å². The first kappa shape index (κ1) is 18.2. The van der Waals surface area contributed by atoms with Gasteiger partial charge >= 0.3 is 0 Å². The van der Waals surface area contributed by atoms with Crippen molar-refractivity contribution in [3.63, 3.8) is 0 Å². The fraction of sp³-hybridized carbons (Fsp3) is 0.733. The quantitative estimate of drug-likeness (QED) is 0.689. The largest absolute Gasteiger partial charge is 0.376 e. The summed E-state index contributed by atoms with van der Waals surface area (Å²) in [7, 11) is -3.02. The Morgan fingerprint density at radius 2 is 2.33 bits per heavy atom. The molecular formula is C15H22N2O4S3. The lowest BCUT2D eigenvalue weighted by Crippen LogP contribution is -2.46. The summed E-state index contributed by atoms with van der Waals surface area (Å²) in [6.45, 7) is 3.15. The van der Waals surface area contributed by atoms with Crippen molar-refractivity contribution >= 4 is 38.8 Å². The van der Waals surface area contributed by atoms with Gasteiger partial charge in [0, 0.05) is 30.3 Å². The van der Waals surface area contributed by atoms with E-state index >= 15 is 0 Å². The summed E-state index contributed by atoms with van der Waals surface area (Å²) in [5, 5.41) is 1.96. The van der Waals surface area contributed by atoms with Crippen LogP contribution in [0.3, 0.4) is 0 Å². The standard InChI is InChI=1S/C15H22N2O4S3/c1-11-8-22-15(16-11)23-9-14(18)17(7-13-3-2-5-21-13)12-4-6-24(19,20)10-12/h8,12-13H,2-7,9-10H2,1H3/t12-,13-/m0/s1. The summed E-state index contributed by atoms with van der Waals surface area (Å²) in [5.41, 5.74) is 0.952. The molecule has 3 heterocycles. The van der Waals surface area contributed by atoms with Crippen LogP contribution in [0, 0.1) is 6.92 Å². The molecule has 0 radical (unpaired) electrons. The lowest BCUT2D eigenvalue weighted by molar-refractivity contribution is -0.131. The van der Waals surface area contributed by atoms with Gasteiger partial charge in [-0.15, -0.1) is 11.3 Å². The molecule has 0 saturated carbocycles. The molecule has 24 heavy (non-hydrogen) atoms. The van der Waals surface area contributed by atoms with E-state index in [1.807, 2.05) is 12.3 Å². The number of rotatable bonds is 6. The Morgan fingerprint density at radius 3 is 2.92 bits per heavy atom. The molecule has 0 spiro atoms. The molecule has 1 aromatic heterocycles. The van der Waals surface area contributed by atoms with Crippen LogP contribution in [-0.2, 0) is 19.4 Å². The number of aryl methyl sites for hydroxylation is 1. The normalized spacial score (nSPS) is 25.9. The molecule has 2 atom stereocenters. The number of ether oxygens (including phenoxy) is 1. The van der Waals surface area contributed by atoms with E-state index in [0.717, 1.165) is 29.5 Å². The SMILES string of the molecule is Cc1csc(SCC(=O)N(C[C@@H]2CCCO2)[C@H]2CCS(=O)(=O)C2)n1. The maximum absolute atomic E-state index is 12.7. The van der Waals surface area contributed by atoms with Gasteiger partial charge < -0.3 is 9.64 Å². The Hall–Kier alpha value is -0.640. The first-order valence-corrected chi connectivity index (χ1v) is 11.8. The predicted molar refractivity (Wildman–Crippen MR) is 95.3 cm³/mol. The van der Waals surface area contributed by atoms with E-state index in [9.17, 15) is 13.2 Å². The zero-order chi connectivity index (χ0) is 17.2.